The van der Waals surface area contributed by atoms with Gasteiger partial charge in [-0.05, 0) is 68.8 Å². The van der Waals surface area contributed by atoms with E-state index in [0.29, 0.717) is 34.3 Å². The number of carbonyl (C=O) groups excluding carboxylic acids is 1. The molecule has 0 unspecified atom stereocenters. The second-order valence-electron chi connectivity index (χ2n) is 8.00. The number of rotatable bonds is 6. The Balaban J connectivity index is 1.83. The van der Waals surface area contributed by atoms with Crippen molar-refractivity contribution in [2.75, 3.05) is 19.6 Å². The van der Waals surface area contributed by atoms with E-state index in [0.717, 1.165) is 37.3 Å². The van der Waals surface area contributed by atoms with E-state index < -0.39 is 5.97 Å². The summed E-state index contributed by atoms with van der Waals surface area (Å²) in [6.45, 7) is 4.09. The minimum absolute atomic E-state index is 0.0234. The summed E-state index contributed by atoms with van der Waals surface area (Å²) in [5.74, 6) is -0.911. The summed E-state index contributed by atoms with van der Waals surface area (Å²) in [6.07, 6.45) is 4.82. The van der Waals surface area contributed by atoms with E-state index in [1.54, 1.807) is 18.2 Å². The molecule has 1 saturated heterocycles. The van der Waals surface area contributed by atoms with Crippen molar-refractivity contribution < 1.29 is 14.7 Å². The molecule has 3 heterocycles. The van der Waals surface area contributed by atoms with Gasteiger partial charge in [0, 0.05) is 17.6 Å². The number of aromatic nitrogens is 2. The smallest absolute Gasteiger partial charge is 0.307 e. The van der Waals surface area contributed by atoms with Gasteiger partial charge >= 0.3 is 5.97 Å². The van der Waals surface area contributed by atoms with E-state index in [4.69, 9.17) is 5.26 Å². The number of likely N-dealkylation sites (tertiary alicyclic amines) is 1. The molecule has 0 amide bonds. The van der Waals surface area contributed by atoms with Crippen LogP contribution < -0.4 is 0 Å². The van der Waals surface area contributed by atoms with Crippen molar-refractivity contribution in [3.8, 4) is 11.8 Å². The van der Waals surface area contributed by atoms with Gasteiger partial charge in [-0.25, -0.2) is 0 Å². The molecule has 1 aliphatic rings. The zero-order chi connectivity index (χ0) is 22.0. The minimum atomic E-state index is -0.934. The van der Waals surface area contributed by atoms with Gasteiger partial charge in [0.25, 0.3) is 0 Å². The predicted molar refractivity (Wildman–Crippen MR) is 116 cm³/mol. The molecule has 0 atom stereocenters. The number of aliphatic carboxylic acids is 1. The first kappa shape index (κ1) is 20.8. The van der Waals surface area contributed by atoms with Crippen LogP contribution in [0.4, 0.5) is 0 Å². The summed E-state index contributed by atoms with van der Waals surface area (Å²) < 4.78 is 1.93. The number of carbonyl (C=O) groups is 2. The average Bonchev–Trinajstić information content (AvgIpc) is 3.05. The molecule has 1 N–H and O–H groups in total. The maximum Gasteiger partial charge on any atom is 0.307 e. The van der Waals surface area contributed by atoms with Crippen LogP contribution in [0.3, 0.4) is 0 Å². The number of hydrogen-bond acceptors (Lipinski definition) is 5. The number of carboxylic acid groups (broad SMARTS) is 1. The first-order chi connectivity index (χ1) is 15.0. The number of Topliss-reactive ketones (excluding diaryl/α,β-unsaturated/α-hetero) is 1. The largest absolute Gasteiger partial charge is 0.481 e. The molecule has 0 radical (unpaired) electrons. The van der Waals surface area contributed by atoms with Gasteiger partial charge in [0.1, 0.15) is 0 Å². The SMILES string of the molecule is Cc1c(C(=O)CN2CCCCC2)c2ncc(CC(=O)O)cc2n1-c1ccc(C#N)cc1. The Kier molecular flexibility index (Phi) is 5.83. The Morgan fingerprint density at radius 1 is 1.16 bits per heavy atom. The molecule has 1 fully saturated rings. The molecule has 7 nitrogen and oxygen atoms in total. The monoisotopic (exact) mass is 416 g/mol. The van der Waals surface area contributed by atoms with E-state index in [-0.39, 0.29) is 12.2 Å². The van der Waals surface area contributed by atoms with Gasteiger partial charge in [0.15, 0.2) is 5.78 Å². The molecule has 7 heteroatoms. The molecule has 158 valence electrons. The normalized spacial score (nSPS) is 14.5. The van der Waals surface area contributed by atoms with E-state index in [2.05, 4.69) is 16.0 Å². The van der Waals surface area contributed by atoms with Crippen LogP contribution in [-0.4, -0.2) is 50.9 Å². The zero-order valence-electron chi connectivity index (χ0n) is 17.5. The topological polar surface area (TPSA) is 99.2 Å². The number of benzene rings is 1. The fourth-order valence-corrected chi connectivity index (χ4v) is 4.34. The fraction of sp³-hybridized carbons (Fsp3) is 0.333. The minimum Gasteiger partial charge on any atom is -0.481 e. The number of piperidine rings is 1. The summed E-state index contributed by atoms with van der Waals surface area (Å²) in [7, 11) is 0. The average molecular weight is 416 g/mol. The van der Waals surface area contributed by atoms with Crippen molar-refractivity contribution in [1.82, 2.24) is 14.5 Å². The Bertz CT molecular complexity index is 1180. The highest BCUT2D eigenvalue weighted by Crippen LogP contribution is 2.29. The molecule has 0 spiro atoms. The summed E-state index contributed by atoms with van der Waals surface area (Å²) in [5.41, 5.74) is 4.54. The van der Waals surface area contributed by atoms with Gasteiger partial charge in [0.2, 0.25) is 0 Å². The highest BCUT2D eigenvalue weighted by Gasteiger charge is 2.24. The van der Waals surface area contributed by atoms with Gasteiger partial charge in [-0.15, -0.1) is 0 Å². The van der Waals surface area contributed by atoms with Crippen LogP contribution in [0.1, 0.15) is 46.4 Å². The number of hydrogen-bond donors (Lipinski definition) is 1. The molecule has 0 aliphatic carbocycles. The maximum absolute atomic E-state index is 13.3. The van der Waals surface area contributed by atoms with Gasteiger partial charge < -0.3 is 9.67 Å². The Morgan fingerprint density at radius 3 is 2.52 bits per heavy atom. The van der Waals surface area contributed by atoms with Crippen molar-refractivity contribution in [2.24, 2.45) is 0 Å². The third kappa shape index (κ3) is 4.21. The molecular weight excluding hydrogens is 392 g/mol. The molecule has 0 bridgehead atoms. The lowest BCUT2D eigenvalue weighted by Gasteiger charge is -2.25. The van der Waals surface area contributed by atoms with E-state index in [1.807, 2.05) is 23.6 Å². The Hall–Kier alpha value is -3.50. The third-order valence-corrected chi connectivity index (χ3v) is 5.80. The number of pyridine rings is 1. The number of nitrogens with zero attached hydrogens (tertiary/aromatic N) is 4. The molecule has 31 heavy (non-hydrogen) atoms. The lowest BCUT2D eigenvalue weighted by molar-refractivity contribution is -0.136. The molecular formula is C24H24N4O3. The van der Waals surface area contributed by atoms with Crippen LogP contribution in [0.2, 0.25) is 0 Å². The van der Waals surface area contributed by atoms with Gasteiger partial charge in [0.05, 0.1) is 41.2 Å². The second kappa shape index (κ2) is 8.70. The summed E-state index contributed by atoms with van der Waals surface area (Å²) in [6, 6.07) is 11.0. The fourth-order valence-electron chi connectivity index (χ4n) is 4.34. The number of carboxylic acids is 1. The van der Waals surface area contributed by atoms with Crippen LogP contribution in [0.25, 0.3) is 16.7 Å². The van der Waals surface area contributed by atoms with E-state index >= 15 is 0 Å². The molecule has 4 rings (SSSR count). The lowest BCUT2D eigenvalue weighted by Crippen LogP contribution is -2.34. The number of fused-ring (bicyclic) bond motifs is 1. The first-order valence-electron chi connectivity index (χ1n) is 10.5. The summed E-state index contributed by atoms with van der Waals surface area (Å²) >= 11 is 0. The van der Waals surface area contributed by atoms with Crippen LogP contribution in [0.15, 0.2) is 36.5 Å². The van der Waals surface area contributed by atoms with Crippen LogP contribution in [-0.2, 0) is 11.2 Å². The number of ketones is 1. The predicted octanol–water partition coefficient (Wildman–Crippen LogP) is 3.50. The van der Waals surface area contributed by atoms with Crippen molar-refractivity contribution in [3.63, 3.8) is 0 Å². The van der Waals surface area contributed by atoms with Crippen molar-refractivity contribution >= 4 is 22.8 Å². The molecule has 3 aromatic rings. The van der Waals surface area contributed by atoms with Gasteiger partial charge in [-0.3, -0.25) is 19.5 Å². The van der Waals surface area contributed by atoms with Gasteiger partial charge in [-0.2, -0.15) is 5.26 Å². The highest BCUT2D eigenvalue weighted by atomic mass is 16.4. The lowest BCUT2D eigenvalue weighted by atomic mass is 10.1. The van der Waals surface area contributed by atoms with E-state index in [9.17, 15) is 14.7 Å². The molecule has 1 aliphatic heterocycles. The zero-order valence-corrected chi connectivity index (χ0v) is 17.5. The molecule has 2 aromatic heterocycles. The van der Waals surface area contributed by atoms with Crippen molar-refractivity contribution in [3.05, 3.63) is 58.9 Å². The summed E-state index contributed by atoms with van der Waals surface area (Å²) in [5, 5.41) is 18.3. The molecule has 0 saturated carbocycles. The van der Waals surface area contributed by atoms with E-state index in [1.165, 1.54) is 12.6 Å². The van der Waals surface area contributed by atoms with Crippen LogP contribution >= 0.6 is 0 Å². The Labute approximate surface area is 180 Å². The first-order valence-corrected chi connectivity index (χ1v) is 10.5. The highest BCUT2D eigenvalue weighted by molar-refractivity contribution is 6.09. The second-order valence-corrected chi connectivity index (χ2v) is 8.00. The summed E-state index contributed by atoms with van der Waals surface area (Å²) in [4.78, 5) is 31.2. The third-order valence-electron chi connectivity index (χ3n) is 5.80. The van der Waals surface area contributed by atoms with Gasteiger partial charge in [-0.1, -0.05) is 6.42 Å². The van der Waals surface area contributed by atoms with Crippen molar-refractivity contribution in [2.45, 2.75) is 32.6 Å². The van der Waals surface area contributed by atoms with Crippen LogP contribution in [0, 0.1) is 18.3 Å². The van der Waals surface area contributed by atoms with Crippen LogP contribution in [0.5, 0.6) is 0 Å². The number of nitriles is 1. The molecule has 1 aromatic carbocycles. The standard InChI is InChI=1S/C24H24N4O3/c1-16-23(21(29)15-27-9-3-2-4-10-27)24-20(11-18(14-26-24)12-22(30)31)28(16)19-7-5-17(13-25)6-8-19/h5-8,11,14H,2-4,9-10,12,15H2,1H3,(H,30,31). The van der Waals surface area contributed by atoms with Crippen molar-refractivity contribution in [1.29, 1.82) is 5.26 Å². The maximum atomic E-state index is 13.3. The Morgan fingerprint density at radius 2 is 1.87 bits per heavy atom. The quantitative estimate of drug-likeness (QED) is 0.618.